The molecule has 4 heteroatoms. The van der Waals surface area contributed by atoms with Gasteiger partial charge in [-0.1, -0.05) is 19.4 Å². The Labute approximate surface area is 100.0 Å². The number of esters is 1. The number of ether oxygens (including phenoxy) is 1. The molecule has 0 aromatic heterocycles. The molecule has 0 rings (SSSR count). The second-order valence-electron chi connectivity index (χ2n) is 4.37. The molecule has 0 aliphatic carbocycles. The summed E-state index contributed by atoms with van der Waals surface area (Å²) in [6.07, 6.45) is 4.38. The Morgan fingerprint density at radius 3 is 2.56 bits per heavy atom. The van der Waals surface area contributed by atoms with Crippen LogP contribution in [-0.2, 0) is 14.0 Å². The SMILES string of the molecule is C=CC(=O)OCCCCC[Si](C)(C)OCC. The molecule has 16 heavy (non-hydrogen) atoms. The fourth-order valence-electron chi connectivity index (χ4n) is 1.52. The van der Waals surface area contributed by atoms with Crippen molar-refractivity contribution in [2.75, 3.05) is 13.2 Å². The summed E-state index contributed by atoms with van der Waals surface area (Å²) < 4.78 is 10.6. The van der Waals surface area contributed by atoms with E-state index in [0.717, 1.165) is 25.9 Å². The lowest BCUT2D eigenvalue weighted by atomic mass is 10.3. The number of carbonyl (C=O) groups excluding carboxylic acids is 1. The van der Waals surface area contributed by atoms with Crippen molar-refractivity contribution < 1.29 is 14.0 Å². The number of carbonyl (C=O) groups is 1. The van der Waals surface area contributed by atoms with Crippen molar-refractivity contribution in [3.8, 4) is 0 Å². The maximum atomic E-state index is 10.7. The van der Waals surface area contributed by atoms with E-state index in [1.165, 1.54) is 12.1 Å². The molecule has 0 aliphatic rings. The third-order valence-corrected chi connectivity index (χ3v) is 5.00. The van der Waals surface area contributed by atoms with Crippen LogP contribution < -0.4 is 0 Å². The van der Waals surface area contributed by atoms with Crippen molar-refractivity contribution in [1.29, 1.82) is 0 Å². The molecule has 94 valence electrons. The summed E-state index contributed by atoms with van der Waals surface area (Å²) in [5.41, 5.74) is 0. The molecule has 0 atom stereocenters. The largest absolute Gasteiger partial charge is 0.463 e. The van der Waals surface area contributed by atoms with Crippen LogP contribution in [0.3, 0.4) is 0 Å². The van der Waals surface area contributed by atoms with Crippen LogP contribution in [-0.4, -0.2) is 27.5 Å². The van der Waals surface area contributed by atoms with Crippen molar-refractivity contribution in [1.82, 2.24) is 0 Å². The molecule has 0 radical (unpaired) electrons. The van der Waals surface area contributed by atoms with Crippen LogP contribution in [0.1, 0.15) is 26.2 Å². The van der Waals surface area contributed by atoms with Gasteiger partial charge < -0.3 is 9.16 Å². The molecule has 0 fully saturated rings. The summed E-state index contributed by atoms with van der Waals surface area (Å²) in [5, 5.41) is 0. The summed E-state index contributed by atoms with van der Waals surface area (Å²) in [4.78, 5) is 10.7. The highest BCUT2D eigenvalue weighted by atomic mass is 28.4. The van der Waals surface area contributed by atoms with Gasteiger partial charge >= 0.3 is 5.97 Å². The van der Waals surface area contributed by atoms with Crippen molar-refractivity contribution >= 4 is 14.3 Å². The first kappa shape index (κ1) is 15.4. The molecule has 0 bridgehead atoms. The minimum atomic E-state index is -1.42. The van der Waals surface area contributed by atoms with E-state index in [1.54, 1.807) is 0 Å². The molecule has 0 saturated heterocycles. The van der Waals surface area contributed by atoms with Gasteiger partial charge in [-0.3, -0.25) is 0 Å². The van der Waals surface area contributed by atoms with Crippen molar-refractivity contribution in [2.45, 2.75) is 45.3 Å². The van der Waals surface area contributed by atoms with Gasteiger partial charge in [-0.15, -0.1) is 0 Å². The molecule has 0 saturated carbocycles. The van der Waals surface area contributed by atoms with Crippen LogP contribution in [0.2, 0.25) is 19.1 Å². The van der Waals surface area contributed by atoms with Gasteiger partial charge in [-0.2, -0.15) is 0 Å². The molecule has 0 aromatic carbocycles. The molecule has 0 amide bonds. The number of unbranched alkanes of at least 4 members (excludes halogenated alkanes) is 2. The molecule has 0 aromatic rings. The van der Waals surface area contributed by atoms with Crippen molar-refractivity contribution in [3.63, 3.8) is 0 Å². The second-order valence-corrected chi connectivity index (χ2v) is 8.68. The third-order valence-electron chi connectivity index (χ3n) is 2.37. The maximum absolute atomic E-state index is 10.7. The van der Waals surface area contributed by atoms with Gasteiger partial charge in [0.1, 0.15) is 0 Å². The number of rotatable bonds is 9. The Morgan fingerprint density at radius 2 is 2.00 bits per heavy atom. The highest BCUT2D eigenvalue weighted by molar-refractivity contribution is 6.71. The lowest BCUT2D eigenvalue weighted by Gasteiger charge is -2.21. The zero-order valence-electron chi connectivity index (χ0n) is 10.8. The van der Waals surface area contributed by atoms with Crippen LogP contribution in [0.15, 0.2) is 12.7 Å². The van der Waals surface area contributed by atoms with E-state index >= 15 is 0 Å². The van der Waals surface area contributed by atoms with E-state index in [9.17, 15) is 4.79 Å². The minimum absolute atomic E-state index is 0.330. The van der Waals surface area contributed by atoms with E-state index in [4.69, 9.17) is 9.16 Å². The Morgan fingerprint density at radius 1 is 1.31 bits per heavy atom. The highest BCUT2D eigenvalue weighted by Gasteiger charge is 2.20. The summed E-state index contributed by atoms with van der Waals surface area (Å²) >= 11 is 0. The maximum Gasteiger partial charge on any atom is 0.330 e. The van der Waals surface area contributed by atoms with Gasteiger partial charge in [0.15, 0.2) is 8.32 Å². The molecule has 3 nitrogen and oxygen atoms in total. The van der Waals surface area contributed by atoms with E-state index in [1.807, 2.05) is 6.92 Å². The van der Waals surface area contributed by atoms with Crippen LogP contribution in [0.5, 0.6) is 0 Å². The van der Waals surface area contributed by atoms with E-state index in [0.29, 0.717) is 6.61 Å². The summed E-state index contributed by atoms with van der Waals surface area (Å²) in [6, 6.07) is 1.18. The van der Waals surface area contributed by atoms with Crippen LogP contribution in [0.25, 0.3) is 0 Å². The summed E-state index contributed by atoms with van der Waals surface area (Å²) in [7, 11) is -1.42. The predicted molar refractivity (Wildman–Crippen MR) is 68.9 cm³/mol. The smallest absolute Gasteiger partial charge is 0.330 e. The normalized spacial score (nSPS) is 11.2. The molecular weight excluding hydrogens is 220 g/mol. The molecule has 0 spiro atoms. The van der Waals surface area contributed by atoms with Gasteiger partial charge in [0, 0.05) is 12.7 Å². The number of hydrogen-bond acceptors (Lipinski definition) is 3. The zero-order valence-corrected chi connectivity index (χ0v) is 11.8. The molecular formula is C12H24O3Si. The van der Waals surface area contributed by atoms with Gasteiger partial charge in [-0.05, 0) is 32.5 Å². The fourth-order valence-corrected chi connectivity index (χ4v) is 3.55. The Kier molecular flexibility index (Phi) is 8.20. The van der Waals surface area contributed by atoms with E-state index in [2.05, 4.69) is 19.7 Å². The first-order valence-corrected chi connectivity index (χ1v) is 9.06. The fraction of sp³-hybridized carbons (Fsp3) is 0.750. The van der Waals surface area contributed by atoms with Crippen molar-refractivity contribution in [2.24, 2.45) is 0 Å². The topological polar surface area (TPSA) is 35.5 Å². The van der Waals surface area contributed by atoms with E-state index in [-0.39, 0.29) is 5.97 Å². The van der Waals surface area contributed by atoms with Crippen LogP contribution in [0, 0.1) is 0 Å². The zero-order chi connectivity index (χ0) is 12.4. The monoisotopic (exact) mass is 244 g/mol. The summed E-state index contributed by atoms with van der Waals surface area (Å²) in [6.45, 7) is 11.2. The predicted octanol–water partition coefficient (Wildman–Crippen LogP) is 3.13. The first-order chi connectivity index (χ1) is 7.52. The molecule has 0 aliphatic heterocycles. The standard InChI is InChI=1S/C12H24O3Si/c1-5-12(13)14-10-8-7-9-11-16(3,4)15-6-2/h5H,1,6-11H2,2-4H3. The highest BCUT2D eigenvalue weighted by Crippen LogP contribution is 2.15. The minimum Gasteiger partial charge on any atom is -0.463 e. The molecule has 0 heterocycles. The third kappa shape index (κ3) is 8.68. The van der Waals surface area contributed by atoms with Gasteiger partial charge in [-0.25, -0.2) is 4.79 Å². The van der Waals surface area contributed by atoms with Gasteiger partial charge in [0.2, 0.25) is 0 Å². The van der Waals surface area contributed by atoms with Crippen molar-refractivity contribution in [3.05, 3.63) is 12.7 Å². The quantitative estimate of drug-likeness (QED) is 0.270. The van der Waals surface area contributed by atoms with Gasteiger partial charge in [0.05, 0.1) is 6.61 Å². The van der Waals surface area contributed by atoms with E-state index < -0.39 is 8.32 Å². The molecule has 0 unspecified atom stereocenters. The van der Waals surface area contributed by atoms with Crippen LogP contribution >= 0.6 is 0 Å². The number of hydrogen-bond donors (Lipinski definition) is 0. The lowest BCUT2D eigenvalue weighted by molar-refractivity contribution is -0.137. The second kappa shape index (κ2) is 8.53. The Bertz CT molecular complexity index is 214. The average molecular weight is 244 g/mol. The Hall–Kier alpha value is -0.613. The molecule has 0 N–H and O–H groups in total. The Balaban J connectivity index is 3.39. The van der Waals surface area contributed by atoms with Crippen LogP contribution in [0.4, 0.5) is 0 Å². The lowest BCUT2D eigenvalue weighted by Crippen LogP contribution is -2.29. The average Bonchev–Trinajstić information content (AvgIpc) is 2.22. The first-order valence-electron chi connectivity index (χ1n) is 5.95. The van der Waals surface area contributed by atoms with Gasteiger partial charge in [0.25, 0.3) is 0 Å². The summed E-state index contributed by atoms with van der Waals surface area (Å²) in [5.74, 6) is -0.330.